The molecule has 0 saturated carbocycles. The van der Waals surface area contributed by atoms with Crippen molar-refractivity contribution >= 4 is 57.4 Å². The first-order chi connectivity index (χ1) is 9.97. The van der Waals surface area contributed by atoms with Crippen molar-refractivity contribution in [3.63, 3.8) is 0 Å². The van der Waals surface area contributed by atoms with Gasteiger partial charge in [-0.15, -0.1) is 0 Å². The predicted octanol–water partition coefficient (Wildman–Crippen LogP) is 4.45. The molecular formula is C18H41KNO2+. The number of carboxylic acids is 1. The van der Waals surface area contributed by atoms with Gasteiger partial charge in [-0.05, 0) is 25.7 Å². The van der Waals surface area contributed by atoms with Gasteiger partial charge in [0.2, 0.25) is 0 Å². The molecule has 130 valence electrons. The fourth-order valence-corrected chi connectivity index (χ4v) is 2.64. The fraction of sp³-hybridized carbons (Fsp3) is 0.944. The molecule has 0 aromatic rings. The minimum atomic E-state index is -0.833. The number of nitrogens with zero attached hydrogens (tertiary/aromatic N) is 1. The van der Waals surface area contributed by atoms with Crippen molar-refractivity contribution in [2.45, 2.75) is 86.0 Å². The van der Waals surface area contributed by atoms with Crippen molar-refractivity contribution in [1.82, 2.24) is 0 Å². The van der Waals surface area contributed by atoms with Gasteiger partial charge in [-0.1, -0.05) is 53.4 Å². The van der Waals surface area contributed by atoms with E-state index in [-0.39, 0.29) is 51.4 Å². The number of hydrogen-bond donors (Lipinski definition) is 1. The van der Waals surface area contributed by atoms with Crippen molar-refractivity contribution in [3.05, 3.63) is 0 Å². The summed E-state index contributed by atoms with van der Waals surface area (Å²) in [6.07, 6.45) is 11.1. The van der Waals surface area contributed by atoms with E-state index in [9.17, 15) is 0 Å². The van der Waals surface area contributed by atoms with Gasteiger partial charge >= 0.3 is 51.4 Å². The summed E-state index contributed by atoms with van der Waals surface area (Å²) < 4.78 is 1.42. The molecule has 1 N–H and O–H groups in total. The van der Waals surface area contributed by atoms with Crippen molar-refractivity contribution < 1.29 is 14.4 Å². The topological polar surface area (TPSA) is 37.3 Å². The van der Waals surface area contributed by atoms with Crippen LogP contribution in [0.5, 0.6) is 0 Å². The molecule has 0 aromatic heterocycles. The van der Waals surface area contributed by atoms with Gasteiger partial charge in [0.25, 0.3) is 5.97 Å². The van der Waals surface area contributed by atoms with Gasteiger partial charge in [-0.3, -0.25) is 4.79 Å². The zero-order valence-corrected chi connectivity index (χ0v) is 15.3. The van der Waals surface area contributed by atoms with Crippen LogP contribution in [0.2, 0.25) is 0 Å². The number of aliphatic carboxylic acids is 1. The number of carbonyl (C=O) groups is 1. The van der Waals surface area contributed by atoms with Gasteiger partial charge in [0.1, 0.15) is 0 Å². The number of hydrogen-bond acceptors (Lipinski definition) is 1. The third kappa shape index (κ3) is 19.1. The molecule has 0 aliphatic carbocycles. The Morgan fingerprint density at radius 2 is 0.909 bits per heavy atom. The number of quaternary nitrogens is 1. The zero-order chi connectivity index (χ0) is 16.6. The Labute approximate surface area is 182 Å². The Kier molecular flexibility index (Phi) is 25.5. The first-order valence-corrected chi connectivity index (χ1v) is 9.02. The van der Waals surface area contributed by atoms with Crippen LogP contribution in [0.25, 0.3) is 0 Å². The van der Waals surface area contributed by atoms with Gasteiger partial charge in [-0.25, -0.2) is 0 Å². The first-order valence-electron chi connectivity index (χ1n) is 9.02. The quantitative estimate of drug-likeness (QED) is 0.420. The van der Waals surface area contributed by atoms with Crippen LogP contribution in [-0.4, -0.2) is 93.1 Å². The summed E-state index contributed by atoms with van der Waals surface area (Å²) in [6, 6.07) is 0. The molecule has 0 fully saturated rings. The third-order valence-corrected chi connectivity index (χ3v) is 3.94. The molecule has 0 rings (SSSR count). The monoisotopic (exact) mass is 342 g/mol. The van der Waals surface area contributed by atoms with Crippen LogP contribution in [0.15, 0.2) is 0 Å². The summed E-state index contributed by atoms with van der Waals surface area (Å²) in [5.74, 6) is -0.833. The summed E-state index contributed by atoms with van der Waals surface area (Å²) in [5, 5.41) is 7.42. The number of carboxylic acid groups (broad SMARTS) is 1. The van der Waals surface area contributed by atoms with E-state index >= 15 is 0 Å². The Morgan fingerprint density at radius 3 is 1.05 bits per heavy atom. The van der Waals surface area contributed by atoms with Crippen LogP contribution in [0.3, 0.4) is 0 Å². The second-order valence-corrected chi connectivity index (χ2v) is 6.17. The summed E-state index contributed by atoms with van der Waals surface area (Å²) in [7, 11) is 0. The molecule has 0 amide bonds. The number of unbranched alkanes of at least 4 members (excludes halogenated alkanes) is 4. The van der Waals surface area contributed by atoms with Crippen molar-refractivity contribution in [3.8, 4) is 0 Å². The average molecular weight is 343 g/mol. The summed E-state index contributed by atoms with van der Waals surface area (Å²) in [6.45, 7) is 16.1. The van der Waals surface area contributed by atoms with E-state index in [4.69, 9.17) is 9.90 Å². The Hall–Kier alpha value is 1.07. The van der Waals surface area contributed by atoms with E-state index in [2.05, 4.69) is 27.7 Å². The SMILES string of the molecule is CC(=O)O.CCCC[N+](CCCC)(CCCC)CCCC.[KH]. The van der Waals surface area contributed by atoms with Crippen LogP contribution in [0.1, 0.15) is 86.0 Å². The molecule has 0 aromatic carbocycles. The summed E-state index contributed by atoms with van der Waals surface area (Å²) in [5.41, 5.74) is 0. The molecule has 4 heteroatoms. The second-order valence-electron chi connectivity index (χ2n) is 6.17. The first kappa shape index (κ1) is 27.9. The Balaban J connectivity index is -0.000000640. The van der Waals surface area contributed by atoms with E-state index in [1.165, 1.54) is 82.0 Å². The van der Waals surface area contributed by atoms with Crippen molar-refractivity contribution in [1.29, 1.82) is 0 Å². The molecular weight excluding hydrogens is 301 g/mol. The third-order valence-electron chi connectivity index (χ3n) is 3.94. The average Bonchev–Trinajstić information content (AvgIpc) is 2.45. The predicted molar refractivity (Wildman–Crippen MR) is 99.8 cm³/mol. The van der Waals surface area contributed by atoms with Crippen LogP contribution < -0.4 is 0 Å². The Bertz CT molecular complexity index is 194. The standard InChI is InChI=1S/C16H36N.C2H4O2.K.H/c1-5-9-13-17(14-10-6-2,15-11-7-3)16-12-8-4;1-2(3)4;;/h5-16H2,1-4H3;1H3,(H,3,4);;/q+1;;;. The molecule has 0 spiro atoms. The van der Waals surface area contributed by atoms with Crippen LogP contribution in [0.4, 0.5) is 0 Å². The van der Waals surface area contributed by atoms with Gasteiger partial charge in [0.05, 0.1) is 26.2 Å². The maximum absolute atomic E-state index is 9.00. The van der Waals surface area contributed by atoms with Crippen LogP contribution in [-0.2, 0) is 4.79 Å². The molecule has 0 saturated heterocycles. The zero-order valence-electron chi connectivity index (χ0n) is 15.3. The van der Waals surface area contributed by atoms with Gasteiger partial charge in [0, 0.05) is 6.92 Å². The van der Waals surface area contributed by atoms with E-state index in [1.54, 1.807) is 0 Å². The molecule has 3 nitrogen and oxygen atoms in total. The minimum absolute atomic E-state index is 0. The summed E-state index contributed by atoms with van der Waals surface area (Å²) >= 11 is 0. The molecule has 0 atom stereocenters. The molecule has 0 unspecified atom stereocenters. The molecule has 0 heterocycles. The fourth-order valence-electron chi connectivity index (χ4n) is 2.64. The van der Waals surface area contributed by atoms with E-state index in [0.29, 0.717) is 0 Å². The second kappa shape index (κ2) is 20.1. The van der Waals surface area contributed by atoms with Crippen molar-refractivity contribution in [2.75, 3.05) is 26.2 Å². The molecule has 0 radical (unpaired) electrons. The number of rotatable bonds is 12. The van der Waals surface area contributed by atoms with Gasteiger partial charge < -0.3 is 9.59 Å². The van der Waals surface area contributed by atoms with E-state index in [1.807, 2.05) is 0 Å². The molecule has 22 heavy (non-hydrogen) atoms. The van der Waals surface area contributed by atoms with Crippen molar-refractivity contribution in [2.24, 2.45) is 0 Å². The summed E-state index contributed by atoms with van der Waals surface area (Å²) in [4.78, 5) is 9.00. The normalized spacial score (nSPS) is 10.4. The molecule has 0 aliphatic rings. The molecule has 0 aliphatic heterocycles. The van der Waals surface area contributed by atoms with Crippen LogP contribution >= 0.6 is 0 Å². The van der Waals surface area contributed by atoms with Gasteiger partial charge in [-0.2, -0.15) is 0 Å². The van der Waals surface area contributed by atoms with Gasteiger partial charge in [0.15, 0.2) is 0 Å². The van der Waals surface area contributed by atoms with E-state index < -0.39 is 5.97 Å². The maximum atomic E-state index is 9.00. The van der Waals surface area contributed by atoms with E-state index in [0.717, 1.165) is 6.92 Å². The molecule has 0 bridgehead atoms. The van der Waals surface area contributed by atoms with Crippen LogP contribution in [0, 0.1) is 0 Å². The Morgan fingerprint density at radius 1 is 0.727 bits per heavy atom.